The van der Waals surface area contributed by atoms with Crippen molar-refractivity contribution in [2.75, 3.05) is 20.1 Å². The highest BCUT2D eigenvalue weighted by Crippen LogP contribution is 2.20. The summed E-state index contributed by atoms with van der Waals surface area (Å²) in [6.07, 6.45) is 3.54. The molecule has 0 fully saturated rings. The molecule has 0 unspecified atom stereocenters. The smallest absolute Gasteiger partial charge is 0.221 e. The van der Waals surface area contributed by atoms with Gasteiger partial charge in [-0.15, -0.1) is 0 Å². The fraction of sp³-hybridized carbons (Fsp3) is 0.400. The summed E-state index contributed by atoms with van der Waals surface area (Å²) in [4.78, 5) is 11.5. The Morgan fingerprint density at radius 2 is 2.05 bits per heavy atom. The average Bonchev–Trinajstić information content (AvgIpc) is 2.74. The van der Waals surface area contributed by atoms with Crippen LogP contribution in [0, 0.1) is 0 Å². The number of hydrogen-bond acceptors (Lipinski definition) is 2. The number of carbonyl (C=O) groups excluding carboxylic acids is 1. The van der Waals surface area contributed by atoms with Crippen molar-refractivity contribution in [1.82, 2.24) is 15.2 Å². The predicted octanol–water partition coefficient (Wildman–Crippen LogP) is 1.45. The Morgan fingerprint density at radius 3 is 2.84 bits per heavy atom. The van der Waals surface area contributed by atoms with Gasteiger partial charge in [0.25, 0.3) is 0 Å². The van der Waals surface area contributed by atoms with Crippen molar-refractivity contribution in [3.63, 3.8) is 0 Å². The second kappa shape index (κ2) is 6.38. The molecule has 0 radical (unpaired) electrons. The van der Waals surface area contributed by atoms with E-state index in [2.05, 4.69) is 46.6 Å². The summed E-state index contributed by atoms with van der Waals surface area (Å²) in [5, 5.41) is 7.19. The Bertz CT molecular complexity index is 560. The van der Waals surface area contributed by atoms with E-state index < -0.39 is 0 Å². The molecule has 4 heteroatoms. The molecular weight excluding hydrogens is 238 g/mol. The predicted molar refractivity (Wildman–Crippen MR) is 78.2 cm³/mol. The Morgan fingerprint density at radius 1 is 1.26 bits per heavy atom. The van der Waals surface area contributed by atoms with Crippen molar-refractivity contribution in [3.05, 3.63) is 36.0 Å². The van der Waals surface area contributed by atoms with E-state index in [0.29, 0.717) is 13.0 Å². The van der Waals surface area contributed by atoms with Crippen LogP contribution >= 0.6 is 0 Å². The second-order valence-electron chi connectivity index (χ2n) is 4.74. The zero-order chi connectivity index (χ0) is 13.7. The fourth-order valence-electron chi connectivity index (χ4n) is 2.29. The molecule has 1 amide bonds. The van der Waals surface area contributed by atoms with E-state index in [1.54, 1.807) is 0 Å². The zero-order valence-corrected chi connectivity index (χ0v) is 11.6. The molecule has 0 saturated heterocycles. The molecule has 2 N–H and O–H groups in total. The summed E-state index contributed by atoms with van der Waals surface area (Å²) in [5.74, 6) is 0.106. The van der Waals surface area contributed by atoms with Gasteiger partial charge in [-0.05, 0) is 25.1 Å². The van der Waals surface area contributed by atoms with E-state index in [1.165, 1.54) is 16.5 Å². The Labute approximate surface area is 113 Å². The molecule has 1 aromatic heterocycles. The van der Waals surface area contributed by atoms with Gasteiger partial charge >= 0.3 is 0 Å². The van der Waals surface area contributed by atoms with Gasteiger partial charge in [-0.25, -0.2) is 0 Å². The lowest BCUT2D eigenvalue weighted by molar-refractivity contribution is -0.120. The Balaban J connectivity index is 1.93. The first kappa shape index (κ1) is 13.6. The molecule has 4 nitrogen and oxygen atoms in total. The molecule has 102 valence electrons. The highest BCUT2D eigenvalue weighted by molar-refractivity contribution is 5.84. The number of benzene rings is 1. The van der Waals surface area contributed by atoms with E-state index in [0.717, 1.165) is 13.0 Å². The van der Waals surface area contributed by atoms with E-state index in [-0.39, 0.29) is 5.91 Å². The number of hydrogen-bond donors (Lipinski definition) is 2. The SMILES string of the molecule is CNCCC(=O)NCCc1cn(C)c2ccccc12. The summed E-state index contributed by atoms with van der Waals surface area (Å²) in [6.45, 7) is 1.41. The molecule has 1 heterocycles. The Hall–Kier alpha value is -1.81. The molecule has 19 heavy (non-hydrogen) atoms. The van der Waals surface area contributed by atoms with Crippen molar-refractivity contribution < 1.29 is 4.79 Å². The van der Waals surface area contributed by atoms with Crippen LogP contribution < -0.4 is 10.6 Å². The summed E-state index contributed by atoms with van der Waals surface area (Å²) in [6, 6.07) is 8.35. The van der Waals surface area contributed by atoms with Gasteiger partial charge in [0.05, 0.1) is 0 Å². The summed E-state index contributed by atoms with van der Waals surface area (Å²) in [5.41, 5.74) is 2.52. The van der Waals surface area contributed by atoms with Crippen molar-refractivity contribution in [2.45, 2.75) is 12.8 Å². The fourth-order valence-corrected chi connectivity index (χ4v) is 2.29. The molecule has 2 aromatic rings. The van der Waals surface area contributed by atoms with Gasteiger partial charge in [0.2, 0.25) is 5.91 Å². The Kier molecular flexibility index (Phi) is 4.58. The van der Waals surface area contributed by atoms with Crippen LogP contribution in [0.25, 0.3) is 10.9 Å². The number of aryl methyl sites for hydroxylation is 1. The van der Waals surface area contributed by atoms with E-state index >= 15 is 0 Å². The molecule has 0 atom stereocenters. The lowest BCUT2D eigenvalue weighted by atomic mass is 10.1. The van der Waals surface area contributed by atoms with Gasteiger partial charge in [-0.2, -0.15) is 0 Å². The van der Waals surface area contributed by atoms with Crippen LogP contribution in [0.2, 0.25) is 0 Å². The van der Waals surface area contributed by atoms with Crippen LogP contribution in [0.4, 0.5) is 0 Å². The minimum atomic E-state index is 0.106. The molecule has 0 aliphatic heterocycles. The van der Waals surface area contributed by atoms with Crippen LogP contribution in [0.3, 0.4) is 0 Å². The standard InChI is InChI=1S/C15H21N3O/c1-16-9-8-15(19)17-10-7-12-11-18(2)14-6-4-3-5-13(12)14/h3-6,11,16H,7-10H2,1-2H3,(H,17,19). The lowest BCUT2D eigenvalue weighted by Gasteiger charge is -2.04. The maximum atomic E-state index is 11.5. The third-order valence-electron chi connectivity index (χ3n) is 3.30. The normalized spacial score (nSPS) is 10.8. The summed E-state index contributed by atoms with van der Waals surface area (Å²) < 4.78 is 2.13. The highest BCUT2D eigenvalue weighted by Gasteiger charge is 2.06. The minimum absolute atomic E-state index is 0.106. The molecule has 0 saturated carbocycles. The number of para-hydroxylation sites is 1. The maximum absolute atomic E-state index is 11.5. The van der Waals surface area contributed by atoms with Crippen molar-refractivity contribution >= 4 is 16.8 Å². The first-order valence-corrected chi connectivity index (χ1v) is 6.66. The number of rotatable bonds is 6. The molecule has 0 aliphatic rings. The number of fused-ring (bicyclic) bond motifs is 1. The second-order valence-corrected chi connectivity index (χ2v) is 4.74. The van der Waals surface area contributed by atoms with Crippen LogP contribution in [0.5, 0.6) is 0 Å². The summed E-state index contributed by atoms with van der Waals surface area (Å²) >= 11 is 0. The van der Waals surface area contributed by atoms with Gasteiger partial charge in [-0.1, -0.05) is 18.2 Å². The molecular formula is C15H21N3O. The molecule has 0 aliphatic carbocycles. The van der Waals surface area contributed by atoms with Crippen LogP contribution in [-0.2, 0) is 18.3 Å². The van der Waals surface area contributed by atoms with Gasteiger partial charge in [-0.3, -0.25) is 4.79 Å². The number of nitrogens with one attached hydrogen (secondary N) is 2. The third-order valence-corrected chi connectivity index (χ3v) is 3.30. The molecule has 1 aromatic carbocycles. The highest BCUT2D eigenvalue weighted by atomic mass is 16.1. The van der Waals surface area contributed by atoms with E-state index in [9.17, 15) is 4.79 Å². The van der Waals surface area contributed by atoms with Crippen molar-refractivity contribution in [2.24, 2.45) is 7.05 Å². The molecule has 0 bridgehead atoms. The molecule has 0 spiro atoms. The van der Waals surface area contributed by atoms with Crippen molar-refractivity contribution in [3.8, 4) is 0 Å². The van der Waals surface area contributed by atoms with Crippen LogP contribution in [0.15, 0.2) is 30.5 Å². The average molecular weight is 259 g/mol. The first-order valence-electron chi connectivity index (χ1n) is 6.66. The molecule has 2 rings (SSSR count). The third kappa shape index (κ3) is 3.35. The minimum Gasteiger partial charge on any atom is -0.356 e. The maximum Gasteiger partial charge on any atom is 0.221 e. The topological polar surface area (TPSA) is 46.1 Å². The van der Waals surface area contributed by atoms with Gasteiger partial charge in [0.15, 0.2) is 0 Å². The number of amides is 1. The van der Waals surface area contributed by atoms with Gasteiger partial charge in [0.1, 0.15) is 0 Å². The number of carbonyl (C=O) groups is 1. The lowest BCUT2D eigenvalue weighted by Crippen LogP contribution is -2.28. The van der Waals surface area contributed by atoms with Crippen molar-refractivity contribution in [1.29, 1.82) is 0 Å². The van der Waals surface area contributed by atoms with Crippen LogP contribution in [-0.4, -0.2) is 30.6 Å². The summed E-state index contributed by atoms with van der Waals surface area (Å²) in [7, 11) is 3.90. The van der Waals surface area contributed by atoms with Gasteiger partial charge < -0.3 is 15.2 Å². The largest absolute Gasteiger partial charge is 0.356 e. The monoisotopic (exact) mass is 259 g/mol. The number of nitrogens with zero attached hydrogens (tertiary/aromatic N) is 1. The first-order chi connectivity index (χ1) is 9.22. The zero-order valence-electron chi connectivity index (χ0n) is 11.6. The van der Waals surface area contributed by atoms with Gasteiger partial charge in [0, 0.05) is 43.7 Å². The number of aromatic nitrogens is 1. The van der Waals surface area contributed by atoms with Crippen LogP contribution in [0.1, 0.15) is 12.0 Å². The van der Waals surface area contributed by atoms with E-state index in [4.69, 9.17) is 0 Å². The van der Waals surface area contributed by atoms with E-state index in [1.807, 2.05) is 13.1 Å². The quantitative estimate of drug-likeness (QED) is 0.824.